The van der Waals surface area contributed by atoms with Crippen LogP contribution in [0.3, 0.4) is 0 Å². The molecular weight excluding hydrogens is 384 g/mol. The van der Waals surface area contributed by atoms with E-state index in [1.54, 1.807) is 24.5 Å². The van der Waals surface area contributed by atoms with Crippen LogP contribution >= 0.6 is 11.8 Å². The summed E-state index contributed by atoms with van der Waals surface area (Å²) in [7, 11) is 1.88. The molecule has 2 heterocycles. The summed E-state index contributed by atoms with van der Waals surface area (Å²) < 4.78 is 1.88. The molecule has 4 rings (SSSR count). The van der Waals surface area contributed by atoms with Gasteiger partial charge in [0, 0.05) is 35.2 Å². The number of carbonyl (C=O) groups excluding carboxylic acids is 2. The maximum atomic E-state index is 12.7. The maximum Gasteiger partial charge on any atom is 0.272 e. The van der Waals surface area contributed by atoms with E-state index >= 15 is 0 Å². The molecule has 0 spiro atoms. The van der Waals surface area contributed by atoms with Crippen molar-refractivity contribution in [1.82, 2.24) is 20.4 Å². The lowest BCUT2D eigenvalue weighted by atomic mass is 10.2. The molecule has 0 radical (unpaired) electrons. The zero-order chi connectivity index (χ0) is 20.2. The summed E-state index contributed by atoms with van der Waals surface area (Å²) in [5.41, 5.74) is 6.83. The Hall–Kier alpha value is -3.58. The number of para-hydroxylation sites is 1. The maximum absolute atomic E-state index is 12.7. The van der Waals surface area contributed by atoms with Gasteiger partial charge < -0.3 is 4.57 Å². The fourth-order valence-electron chi connectivity index (χ4n) is 3.02. The van der Waals surface area contributed by atoms with Gasteiger partial charge in [-0.1, -0.05) is 48.2 Å². The molecule has 0 bridgehead atoms. The quantitative estimate of drug-likeness (QED) is 0.509. The van der Waals surface area contributed by atoms with Crippen molar-refractivity contribution in [1.29, 1.82) is 0 Å². The van der Waals surface area contributed by atoms with E-state index in [1.165, 1.54) is 11.8 Å². The number of pyridine rings is 1. The summed E-state index contributed by atoms with van der Waals surface area (Å²) in [5.74, 6) is -0.804. The lowest BCUT2D eigenvalue weighted by Gasteiger charge is -2.10. The Bertz CT molecular complexity index is 1190. The highest BCUT2D eigenvalue weighted by Crippen LogP contribution is 2.28. The lowest BCUT2D eigenvalue weighted by molar-refractivity contribution is 0.0845. The molecule has 0 aliphatic heterocycles. The highest BCUT2D eigenvalue weighted by atomic mass is 32.2. The Morgan fingerprint density at radius 1 is 0.862 bits per heavy atom. The molecule has 0 aliphatic carbocycles. The van der Waals surface area contributed by atoms with Crippen LogP contribution in [0.4, 0.5) is 0 Å². The number of hydrogen-bond donors (Lipinski definition) is 2. The predicted octanol–water partition coefficient (Wildman–Crippen LogP) is 3.80. The summed E-state index contributed by atoms with van der Waals surface area (Å²) in [4.78, 5) is 30.6. The molecule has 0 saturated carbocycles. The van der Waals surface area contributed by atoms with Crippen LogP contribution in [0.1, 0.15) is 20.7 Å². The number of amides is 2. The fourth-order valence-corrected chi connectivity index (χ4v) is 3.92. The second-order valence-corrected chi connectivity index (χ2v) is 7.41. The van der Waals surface area contributed by atoms with Crippen LogP contribution in [0.25, 0.3) is 10.9 Å². The highest BCUT2D eigenvalue weighted by Gasteiger charge is 2.17. The Morgan fingerprint density at radius 2 is 1.55 bits per heavy atom. The molecule has 7 heteroatoms. The molecule has 29 heavy (non-hydrogen) atoms. The third-order valence-electron chi connectivity index (χ3n) is 4.40. The summed E-state index contributed by atoms with van der Waals surface area (Å²) in [5, 5.41) is 1.39. The summed E-state index contributed by atoms with van der Waals surface area (Å²) in [6, 6.07) is 20.7. The molecular formula is C22H18N4O2S. The van der Waals surface area contributed by atoms with Crippen molar-refractivity contribution in [2.24, 2.45) is 7.05 Å². The number of hydrazine groups is 1. The van der Waals surface area contributed by atoms with Gasteiger partial charge in [-0.25, -0.2) is 4.98 Å². The van der Waals surface area contributed by atoms with Crippen LogP contribution in [0.15, 0.2) is 89.0 Å². The van der Waals surface area contributed by atoms with Crippen molar-refractivity contribution in [3.05, 3.63) is 90.3 Å². The Kier molecular flexibility index (Phi) is 5.31. The molecule has 4 aromatic rings. The number of nitrogens with zero attached hydrogens (tertiary/aromatic N) is 2. The first-order valence-corrected chi connectivity index (χ1v) is 9.78. The van der Waals surface area contributed by atoms with E-state index < -0.39 is 5.91 Å². The zero-order valence-corrected chi connectivity index (χ0v) is 16.4. The van der Waals surface area contributed by atoms with Gasteiger partial charge in [0.15, 0.2) is 0 Å². The van der Waals surface area contributed by atoms with Crippen LogP contribution in [-0.2, 0) is 7.05 Å². The largest absolute Gasteiger partial charge is 0.350 e. The molecule has 2 N–H and O–H groups in total. The number of rotatable bonds is 4. The predicted molar refractivity (Wildman–Crippen MR) is 113 cm³/mol. The number of aromatic nitrogens is 2. The van der Waals surface area contributed by atoms with Gasteiger partial charge >= 0.3 is 0 Å². The van der Waals surface area contributed by atoms with Crippen LogP contribution in [0, 0.1) is 0 Å². The molecule has 6 nitrogen and oxygen atoms in total. The molecule has 144 valence electrons. The first kappa shape index (κ1) is 18.8. The van der Waals surface area contributed by atoms with E-state index in [-0.39, 0.29) is 5.91 Å². The van der Waals surface area contributed by atoms with Gasteiger partial charge in [0.1, 0.15) is 5.03 Å². The average Bonchev–Trinajstić information content (AvgIpc) is 3.10. The third-order valence-corrected chi connectivity index (χ3v) is 5.43. The van der Waals surface area contributed by atoms with Crippen molar-refractivity contribution >= 4 is 34.5 Å². The molecule has 0 fully saturated rings. The Balaban J connectivity index is 1.49. The standard InChI is InChI=1S/C22H18N4O2S/c1-26-14-18(16-10-5-6-12-19(16)26)21(28)25-24-20(27)17-11-7-13-23-22(17)29-15-8-3-2-4-9-15/h2-14H,1H3,(H,24,27)(H,25,28). The van der Waals surface area contributed by atoms with Crippen molar-refractivity contribution in [3.8, 4) is 0 Å². The minimum absolute atomic E-state index is 0.378. The van der Waals surface area contributed by atoms with E-state index in [9.17, 15) is 9.59 Å². The van der Waals surface area contributed by atoms with Crippen LogP contribution in [-0.4, -0.2) is 21.4 Å². The van der Waals surface area contributed by atoms with Crippen LogP contribution in [0.5, 0.6) is 0 Å². The van der Waals surface area contributed by atoms with E-state index in [0.717, 1.165) is 15.8 Å². The molecule has 2 aromatic carbocycles. The van der Waals surface area contributed by atoms with Gasteiger partial charge in [-0.2, -0.15) is 0 Å². The van der Waals surface area contributed by atoms with Gasteiger partial charge in [-0.05, 0) is 30.3 Å². The molecule has 2 aromatic heterocycles. The SMILES string of the molecule is Cn1cc(C(=O)NNC(=O)c2cccnc2Sc2ccccc2)c2ccccc21. The van der Waals surface area contributed by atoms with Crippen LogP contribution in [0.2, 0.25) is 0 Å². The monoisotopic (exact) mass is 402 g/mol. The van der Waals surface area contributed by atoms with E-state index in [1.807, 2.05) is 66.2 Å². The first-order chi connectivity index (χ1) is 14.1. The van der Waals surface area contributed by atoms with E-state index in [0.29, 0.717) is 16.2 Å². The minimum Gasteiger partial charge on any atom is -0.350 e. The number of hydrogen-bond acceptors (Lipinski definition) is 4. The van der Waals surface area contributed by atoms with E-state index in [2.05, 4.69) is 15.8 Å². The van der Waals surface area contributed by atoms with Gasteiger partial charge in [0.25, 0.3) is 11.8 Å². The fraction of sp³-hybridized carbons (Fsp3) is 0.0455. The number of aryl methyl sites for hydroxylation is 1. The van der Waals surface area contributed by atoms with Crippen molar-refractivity contribution in [2.45, 2.75) is 9.92 Å². The summed E-state index contributed by atoms with van der Waals surface area (Å²) >= 11 is 1.39. The number of benzene rings is 2. The van der Waals surface area contributed by atoms with Crippen molar-refractivity contribution < 1.29 is 9.59 Å². The second kappa shape index (κ2) is 8.20. The third kappa shape index (κ3) is 4.00. The summed E-state index contributed by atoms with van der Waals surface area (Å²) in [6.45, 7) is 0. The Labute approximate surface area is 171 Å². The van der Waals surface area contributed by atoms with Gasteiger partial charge in [0.2, 0.25) is 0 Å². The van der Waals surface area contributed by atoms with Gasteiger partial charge in [-0.3, -0.25) is 20.4 Å². The molecule has 0 aliphatic rings. The van der Waals surface area contributed by atoms with Crippen molar-refractivity contribution in [3.63, 3.8) is 0 Å². The molecule has 0 saturated heterocycles. The summed E-state index contributed by atoms with van der Waals surface area (Å²) in [6.07, 6.45) is 3.38. The van der Waals surface area contributed by atoms with Gasteiger partial charge in [0.05, 0.1) is 11.1 Å². The normalized spacial score (nSPS) is 10.7. The van der Waals surface area contributed by atoms with Crippen molar-refractivity contribution in [2.75, 3.05) is 0 Å². The number of carbonyl (C=O) groups is 2. The highest BCUT2D eigenvalue weighted by molar-refractivity contribution is 7.99. The molecule has 0 atom stereocenters. The second-order valence-electron chi connectivity index (χ2n) is 6.35. The Morgan fingerprint density at radius 3 is 2.34 bits per heavy atom. The number of fused-ring (bicyclic) bond motifs is 1. The van der Waals surface area contributed by atoms with E-state index in [4.69, 9.17) is 0 Å². The molecule has 2 amide bonds. The lowest BCUT2D eigenvalue weighted by Crippen LogP contribution is -2.41. The molecule has 0 unspecified atom stereocenters. The average molecular weight is 402 g/mol. The van der Waals surface area contributed by atoms with Gasteiger partial charge in [-0.15, -0.1) is 0 Å². The first-order valence-electron chi connectivity index (χ1n) is 8.96. The smallest absolute Gasteiger partial charge is 0.272 e. The topological polar surface area (TPSA) is 76.0 Å². The number of nitrogens with one attached hydrogen (secondary N) is 2. The zero-order valence-electron chi connectivity index (χ0n) is 15.6. The van der Waals surface area contributed by atoms with Crippen LogP contribution < -0.4 is 10.9 Å². The minimum atomic E-state index is -0.426.